The Morgan fingerprint density at radius 3 is 2.19 bits per heavy atom. The third kappa shape index (κ3) is 3.69. The Morgan fingerprint density at radius 2 is 1.63 bits per heavy atom. The monoisotopic (exact) mass is 368 g/mol. The van der Waals surface area contributed by atoms with E-state index in [2.05, 4.69) is 5.32 Å². The molecule has 140 valence electrons. The topological polar surface area (TPSA) is 58.6 Å². The second-order valence-corrected chi connectivity index (χ2v) is 6.41. The fourth-order valence-corrected chi connectivity index (χ4v) is 2.96. The van der Waals surface area contributed by atoms with Gasteiger partial charge in [0.05, 0.1) is 12.2 Å². The minimum absolute atomic E-state index is 0.185. The largest absolute Gasteiger partial charge is 0.494 e. The average Bonchev–Trinajstić information content (AvgIpc) is 2.88. The first kappa shape index (κ1) is 18.6. The zero-order valence-electron chi connectivity index (χ0n) is 15.5. The smallest absolute Gasteiger partial charge is 0.278 e. The average molecular weight is 368 g/mol. The molecule has 2 amide bonds. The number of hydrogen-bond acceptors (Lipinski definition) is 4. The molecule has 1 heterocycles. The Bertz CT molecular complexity index is 887. The summed E-state index contributed by atoms with van der Waals surface area (Å²) < 4.78 is 18.6. The van der Waals surface area contributed by atoms with Crippen LogP contribution in [0.3, 0.4) is 0 Å². The van der Waals surface area contributed by atoms with E-state index in [-0.39, 0.29) is 23.5 Å². The summed E-state index contributed by atoms with van der Waals surface area (Å²) in [5, 5.41) is 2.99. The molecule has 0 spiro atoms. The lowest BCUT2D eigenvalue weighted by molar-refractivity contribution is -0.138. The SMILES string of the molecule is CCOc1ccc(C2=C(Nc3ccc(F)cc3)C(=O)N(C(C)C)C2=O)cc1. The van der Waals surface area contributed by atoms with Crippen LogP contribution in [-0.2, 0) is 9.59 Å². The van der Waals surface area contributed by atoms with Crippen LogP contribution in [0.2, 0.25) is 0 Å². The number of carbonyl (C=O) groups excluding carboxylic acids is 2. The van der Waals surface area contributed by atoms with Crippen molar-refractivity contribution in [3.63, 3.8) is 0 Å². The Labute approximate surface area is 157 Å². The number of anilines is 1. The Morgan fingerprint density at radius 1 is 1.00 bits per heavy atom. The van der Waals surface area contributed by atoms with Crippen molar-refractivity contribution < 1.29 is 18.7 Å². The number of nitrogens with one attached hydrogen (secondary N) is 1. The fourth-order valence-electron chi connectivity index (χ4n) is 2.96. The molecule has 0 aliphatic carbocycles. The highest BCUT2D eigenvalue weighted by Crippen LogP contribution is 2.32. The molecule has 0 saturated heterocycles. The summed E-state index contributed by atoms with van der Waals surface area (Å²) >= 11 is 0. The quantitative estimate of drug-likeness (QED) is 0.788. The van der Waals surface area contributed by atoms with Crippen LogP contribution >= 0.6 is 0 Å². The predicted molar refractivity (Wildman–Crippen MR) is 102 cm³/mol. The first-order valence-corrected chi connectivity index (χ1v) is 8.80. The Kier molecular flexibility index (Phi) is 5.26. The summed E-state index contributed by atoms with van der Waals surface area (Å²) in [5.41, 5.74) is 1.62. The number of carbonyl (C=O) groups is 2. The van der Waals surface area contributed by atoms with Crippen molar-refractivity contribution in [2.75, 3.05) is 11.9 Å². The van der Waals surface area contributed by atoms with E-state index in [0.717, 1.165) is 0 Å². The summed E-state index contributed by atoms with van der Waals surface area (Å²) in [6, 6.07) is 12.4. The van der Waals surface area contributed by atoms with Gasteiger partial charge in [-0.05, 0) is 62.7 Å². The summed E-state index contributed by atoms with van der Waals surface area (Å²) in [4.78, 5) is 27.0. The van der Waals surface area contributed by atoms with Gasteiger partial charge in [0.25, 0.3) is 11.8 Å². The molecule has 0 radical (unpaired) electrons. The molecule has 2 aromatic carbocycles. The van der Waals surface area contributed by atoms with Crippen LogP contribution in [-0.4, -0.2) is 29.4 Å². The highest BCUT2D eigenvalue weighted by molar-refractivity contribution is 6.36. The second kappa shape index (κ2) is 7.61. The van der Waals surface area contributed by atoms with E-state index in [4.69, 9.17) is 4.74 Å². The minimum atomic E-state index is -0.400. The number of halogens is 1. The maximum atomic E-state index is 13.2. The molecule has 27 heavy (non-hydrogen) atoms. The van der Waals surface area contributed by atoms with Crippen molar-refractivity contribution in [1.82, 2.24) is 4.90 Å². The number of hydrogen-bond donors (Lipinski definition) is 1. The van der Waals surface area contributed by atoms with Crippen LogP contribution in [0.1, 0.15) is 26.3 Å². The second-order valence-electron chi connectivity index (χ2n) is 6.41. The van der Waals surface area contributed by atoms with Gasteiger partial charge in [-0.3, -0.25) is 14.5 Å². The number of benzene rings is 2. The van der Waals surface area contributed by atoms with E-state index in [0.29, 0.717) is 29.2 Å². The van der Waals surface area contributed by atoms with Gasteiger partial charge in [-0.25, -0.2) is 4.39 Å². The van der Waals surface area contributed by atoms with Crippen LogP contribution in [0.25, 0.3) is 5.57 Å². The van der Waals surface area contributed by atoms with Crippen molar-refractivity contribution in [3.8, 4) is 5.75 Å². The van der Waals surface area contributed by atoms with Gasteiger partial charge in [-0.15, -0.1) is 0 Å². The van der Waals surface area contributed by atoms with Crippen molar-refractivity contribution in [3.05, 3.63) is 65.6 Å². The summed E-state index contributed by atoms with van der Waals surface area (Å²) in [6.45, 7) is 6.00. The Hall–Kier alpha value is -3.15. The molecule has 3 rings (SSSR count). The highest BCUT2D eigenvalue weighted by atomic mass is 19.1. The summed E-state index contributed by atoms with van der Waals surface area (Å²) in [6.07, 6.45) is 0. The van der Waals surface area contributed by atoms with Gasteiger partial charge in [0, 0.05) is 11.7 Å². The predicted octanol–water partition coefficient (Wildman–Crippen LogP) is 3.82. The van der Waals surface area contributed by atoms with Gasteiger partial charge < -0.3 is 10.1 Å². The maximum Gasteiger partial charge on any atom is 0.278 e. The number of ether oxygens (including phenoxy) is 1. The number of nitrogens with zero attached hydrogens (tertiary/aromatic N) is 1. The van der Waals surface area contributed by atoms with Crippen molar-refractivity contribution in [1.29, 1.82) is 0 Å². The molecule has 0 unspecified atom stereocenters. The fraction of sp³-hybridized carbons (Fsp3) is 0.238. The number of imide groups is 1. The lowest BCUT2D eigenvalue weighted by atomic mass is 10.0. The molecule has 1 aliphatic heterocycles. The van der Waals surface area contributed by atoms with Gasteiger partial charge in [0.15, 0.2) is 0 Å². The first-order valence-electron chi connectivity index (χ1n) is 8.80. The van der Waals surface area contributed by atoms with Gasteiger partial charge in [-0.1, -0.05) is 12.1 Å². The molecule has 2 aromatic rings. The number of amides is 2. The molecule has 0 saturated carbocycles. The van der Waals surface area contributed by atoms with E-state index in [1.54, 1.807) is 38.1 Å². The van der Waals surface area contributed by atoms with Crippen LogP contribution in [0.5, 0.6) is 5.75 Å². The van der Waals surface area contributed by atoms with Gasteiger partial charge in [-0.2, -0.15) is 0 Å². The molecule has 6 heteroatoms. The normalized spacial score (nSPS) is 14.3. The van der Waals surface area contributed by atoms with Gasteiger partial charge >= 0.3 is 0 Å². The van der Waals surface area contributed by atoms with Gasteiger partial charge in [0.2, 0.25) is 0 Å². The van der Waals surface area contributed by atoms with E-state index in [1.165, 1.54) is 29.2 Å². The standard InChI is InChI=1S/C21H21FN2O3/c1-4-27-17-11-5-14(6-12-17)18-19(21(26)24(13(2)3)20(18)25)23-16-9-7-15(22)8-10-16/h5-13,23H,4H2,1-3H3. The molecule has 0 bridgehead atoms. The van der Waals surface area contributed by atoms with Crippen molar-refractivity contribution >= 4 is 23.1 Å². The molecular formula is C21H21FN2O3. The van der Waals surface area contributed by atoms with E-state index < -0.39 is 5.91 Å². The summed E-state index contributed by atoms with van der Waals surface area (Å²) in [5.74, 6) is -0.446. The van der Waals surface area contributed by atoms with E-state index in [9.17, 15) is 14.0 Å². The van der Waals surface area contributed by atoms with E-state index >= 15 is 0 Å². The molecule has 0 atom stereocenters. The third-order valence-corrected chi connectivity index (χ3v) is 4.20. The molecule has 0 aromatic heterocycles. The van der Waals surface area contributed by atoms with Crippen LogP contribution in [0.15, 0.2) is 54.2 Å². The maximum absolute atomic E-state index is 13.2. The lowest BCUT2D eigenvalue weighted by Gasteiger charge is -2.19. The molecule has 0 fully saturated rings. The molecular weight excluding hydrogens is 347 g/mol. The first-order chi connectivity index (χ1) is 12.9. The van der Waals surface area contributed by atoms with Crippen LogP contribution < -0.4 is 10.1 Å². The zero-order valence-corrected chi connectivity index (χ0v) is 15.5. The minimum Gasteiger partial charge on any atom is -0.494 e. The number of rotatable bonds is 6. The zero-order chi connectivity index (χ0) is 19.6. The molecule has 1 N–H and O–H groups in total. The third-order valence-electron chi connectivity index (χ3n) is 4.20. The Balaban J connectivity index is 2.04. The van der Waals surface area contributed by atoms with Crippen molar-refractivity contribution in [2.45, 2.75) is 26.8 Å². The molecule has 1 aliphatic rings. The lowest BCUT2D eigenvalue weighted by Crippen LogP contribution is -2.38. The molecule has 5 nitrogen and oxygen atoms in total. The van der Waals surface area contributed by atoms with E-state index in [1.807, 2.05) is 6.92 Å². The summed E-state index contributed by atoms with van der Waals surface area (Å²) in [7, 11) is 0. The van der Waals surface area contributed by atoms with Crippen LogP contribution in [0, 0.1) is 5.82 Å². The van der Waals surface area contributed by atoms with Crippen molar-refractivity contribution in [2.24, 2.45) is 0 Å². The highest BCUT2D eigenvalue weighted by Gasteiger charge is 2.40. The van der Waals surface area contributed by atoms with Gasteiger partial charge in [0.1, 0.15) is 17.3 Å². The van der Waals surface area contributed by atoms with Crippen LogP contribution in [0.4, 0.5) is 10.1 Å².